The van der Waals surface area contributed by atoms with Crippen LogP contribution in [0.4, 0.5) is 11.4 Å². The molecular formula is C19H16ClN5O4. The smallest absolute Gasteiger partial charge is 0.275 e. The van der Waals surface area contributed by atoms with E-state index in [0.717, 1.165) is 0 Å². The van der Waals surface area contributed by atoms with Gasteiger partial charge in [-0.05, 0) is 29.8 Å². The molecule has 0 saturated heterocycles. The third-order valence-corrected chi connectivity index (χ3v) is 4.26. The number of benzene rings is 2. The summed E-state index contributed by atoms with van der Waals surface area (Å²) in [6.45, 7) is 0. The molecule has 1 aromatic heterocycles. The van der Waals surface area contributed by atoms with Crippen molar-refractivity contribution in [3.05, 3.63) is 76.6 Å². The summed E-state index contributed by atoms with van der Waals surface area (Å²) in [5.74, 6) is -1.53. The average molecular weight is 414 g/mol. The summed E-state index contributed by atoms with van der Waals surface area (Å²) in [7, 11) is 0. The van der Waals surface area contributed by atoms with Crippen LogP contribution in [0.3, 0.4) is 0 Å². The Kier molecular flexibility index (Phi) is 6.22. The first kappa shape index (κ1) is 20.1. The molecule has 1 heterocycles. The van der Waals surface area contributed by atoms with E-state index in [9.17, 15) is 14.4 Å². The van der Waals surface area contributed by atoms with Crippen LogP contribution in [0.1, 0.15) is 26.4 Å². The summed E-state index contributed by atoms with van der Waals surface area (Å²) in [6, 6.07) is 13.0. The summed E-state index contributed by atoms with van der Waals surface area (Å²) < 4.78 is 0. The molecule has 0 aliphatic carbocycles. The summed E-state index contributed by atoms with van der Waals surface area (Å²) in [6.07, 6.45) is 1.32. The Morgan fingerprint density at radius 2 is 1.72 bits per heavy atom. The highest BCUT2D eigenvalue weighted by molar-refractivity contribution is 6.34. The number of carbonyl (C=O) groups is 3. The summed E-state index contributed by atoms with van der Waals surface area (Å²) in [5, 5.41) is 20.5. The van der Waals surface area contributed by atoms with Gasteiger partial charge in [0, 0.05) is 5.69 Å². The lowest BCUT2D eigenvalue weighted by molar-refractivity contribution is -0.128. The van der Waals surface area contributed by atoms with Crippen LogP contribution < -0.4 is 16.1 Å². The number of aromatic nitrogens is 2. The van der Waals surface area contributed by atoms with Gasteiger partial charge in [0.25, 0.3) is 11.8 Å². The summed E-state index contributed by atoms with van der Waals surface area (Å²) >= 11 is 6.02. The van der Waals surface area contributed by atoms with Crippen molar-refractivity contribution in [2.45, 2.75) is 6.42 Å². The van der Waals surface area contributed by atoms with Gasteiger partial charge in [-0.1, -0.05) is 35.9 Å². The number of halogens is 1. The van der Waals surface area contributed by atoms with Gasteiger partial charge in [-0.25, -0.2) is 5.48 Å². The number of nitrogens with zero attached hydrogens (tertiary/aromatic N) is 1. The highest BCUT2D eigenvalue weighted by Crippen LogP contribution is 2.19. The number of aromatic amines is 1. The van der Waals surface area contributed by atoms with Crippen LogP contribution in [0.15, 0.2) is 54.7 Å². The number of nitrogens with one attached hydrogen (secondary N) is 4. The Morgan fingerprint density at radius 1 is 1.00 bits per heavy atom. The summed E-state index contributed by atoms with van der Waals surface area (Å²) in [5.41, 5.74) is 3.21. The number of amides is 3. The third-order valence-electron chi connectivity index (χ3n) is 3.93. The van der Waals surface area contributed by atoms with Gasteiger partial charge < -0.3 is 10.6 Å². The van der Waals surface area contributed by atoms with Gasteiger partial charge in [0.05, 0.1) is 28.9 Å². The van der Waals surface area contributed by atoms with E-state index < -0.39 is 17.7 Å². The van der Waals surface area contributed by atoms with Gasteiger partial charge in [-0.15, -0.1) is 0 Å². The van der Waals surface area contributed by atoms with Gasteiger partial charge in [0.2, 0.25) is 5.91 Å². The molecule has 0 unspecified atom stereocenters. The first-order valence-electron chi connectivity index (χ1n) is 8.40. The van der Waals surface area contributed by atoms with Crippen molar-refractivity contribution >= 4 is 40.7 Å². The molecule has 3 amide bonds. The number of carbonyl (C=O) groups excluding carboxylic acids is 3. The van der Waals surface area contributed by atoms with E-state index in [4.69, 9.17) is 16.8 Å². The molecule has 0 fully saturated rings. The van der Waals surface area contributed by atoms with E-state index in [1.54, 1.807) is 54.0 Å². The lowest BCUT2D eigenvalue weighted by Crippen LogP contribution is -2.20. The van der Waals surface area contributed by atoms with Crippen LogP contribution in [-0.4, -0.2) is 33.1 Å². The first-order chi connectivity index (χ1) is 14.0. The average Bonchev–Trinajstić information content (AvgIpc) is 3.17. The topological polar surface area (TPSA) is 136 Å². The molecule has 29 heavy (non-hydrogen) atoms. The third kappa shape index (κ3) is 4.98. The molecule has 0 atom stereocenters. The maximum Gasteiger partial charge on any atom is 0.275 e. The molecule has 0 aliphatic rings. The predicted octanol–water partition coefficient (Wildman–Crippen LogP) is 2.62. The van der Waals surface area contributed by atoms with E-state index >= 15 is 0 Å². The number of hydrogen-bond acceptors (Lipinski definition) is 5. The Morgan fingerprint density at radius 3 is 2.41 bits per heavy atom. The Hall–Kier alpha value is -3.69. The molecule has 5 N–H and O–H groups in total. The second kappa shape index (κ2) is 9.00. The monoisotopic (exact) mass is 413 g/mol. The zero-order chi connectivity index (χ0) is 20.8. The van der Waals surface area contributed by atoms with Crippen LogP contribution in [-0.2, 0) is 11.2 Å². The zero-order valence-electron chi connectivity index (χ0n) is 14.9. The fraction of sp³-hybridized carbons (Fsp3) is 0.0526. The molecule has 148 valence electrons. The molecule has 0 aliphatic heterocycles. The van der Waals surface area contributed by atoms with Crippen molar-refractivity contribution in [2.24, 2.45) is 0 Å². The summed E-state index contributed by atoms with van der Waals surface area (Å²) in [4.78, 5) is 36.1. The van der Waals surface area contributed by atoms with Crippen molar-refractivity contribution in [1.82, 2.24) is 15.7 Å². The molecule has 3 rings (SSSR count). The molecule has 0 spiro atoms. The number of rotatable bonds is 6. The van der Waals surface area contributed by atoms with E-state index in [1.807, 2.05) is 0 Å². The van der Waals surface area contributed by atoms with Gasteiger partial charge in [-0.2, -0.15) is 5.10 Å². The number of H-pyrrole nitrogens is 1. The SMILES string of the molecule is O=C(Cc1ccc(NC(=O)c2[nH]ncc2NC(=O)c2ccccc2Cl)cc1)NO. The Labute approximate surface area is 170 Å². The molecule has 9 nitrogen and oxygen atoms in total. The number of hydroxylamine groups is 1. The van der Waals surface area contributed by atoms with Crippen molar-refractivity contribution in [1.29, 1.82) is 0 Å². The standard InChI is InChI=1S/C19H16ClN5O4/c20-14-4-2-1-3-13(14)18(27)23-15-10-21-24-17(15)19(28)22-12-7-5-11(6-8-12)9-16(26)25-29/h1-8,10,29H,9H2,(H,21,24)(H,22,28)(H,23,27)(H,25,26). The molecule has 3 aromatic rings. The highest BCUT2D eigenvalue weighted by Gasteiger charge is 2.18. The van der Waals surface area contributed by atoms with Gasteiger partial charge in [0.15, 0.2) is 0 Å². The fourth-order valence-electron chi connectivity index (χ4n) is 2.51. The zero-order valence-corrected chi connectivity index (χ0v) is 15.7. The van der Waals surface area contributed by atoms with Crippen LogP contribution in [0.5, 0.6) is 0 Å². The second-order valence-corrected chi connectivity index (χ2v) is 6.36. The van der Waals surface area contributed by atoms with Crippen molar-refractivity contribution in [3.8, 4) is 0 Å². The quantitative estimate of drug-likeness (QED) is 0.312. The highest BCUT2D eigenvalue weighted by atomic mass is 35.5. The largest absolute Gasteiger partial charge is 0.321 e. The van der Waals surface area contributed by atoms with E-state index in [2.05, 4.69) is 20.8 Å². The maximum atomic E-state index is 12.5. The van der Waals surface area contributed by atoms with Crippen molar-refractivity contribution in [3.63, 3.8) is 0 Å². The molecule has 0 saturated carbocycles. The Balaban J connectivity index is 1.68. The van der Waals surface area contributed by atoms with Crippen LogP contribution in [0, 0.1) is 0 Å². The van der Waals surface area contributed by atoms with Gasteiger partial charge in [-0.3, -0.25) is 24.7 Å². The molecular weight excluding hydrogens is 398 g/mol. The maximum absolute atomic E-state index is 12.5. The van der Waals surface area contributed by atoms with Crippen LogP contribution >= 0.6 is 11.6 Å². The number of anilines is 2. The van der Waals surface area contributed by atoms with Crippen molar-refractivity contribution in [2.75, 3.05) is 10.6 Å². The van der Waals surface area contributed by atoms with Crippen LogP contribution in [0.2, 0.25) is 5.02 Å². The molecule has 10 heteroatoms. The van der Waals surface area contributed by atoms with Gasteiger partial charge >= 0.3 is 0 Å². The minimum atomic E-state index is -0.543. The minimum absolute atomic E-state index is 0.00347. The predicted molar refractivity (Wildman–Crippen MR) is 106 cm³/mol. The normalized spacial score (nSPS) is 10.3. The van der Waals surface area contributed by atoms with Crippen LogP contribution in [0.25, 0.3) is 0 Å². The fourth-order valence-corrected chi connectivity index (χ4v) is 2.74. The first-order valence-corrected chi connectivity index (χ1v) is 8.78. The lowest BCUT2D eigenvalue weighted by Gasteiger charge is -2.08. The minimum Gasteiger partial charge on any atom is -0.321 e. The van der Waals surface area contributed by atoms with Crippen molar-refractivity contribution < 1.29 is 19.6 Å². The lowest BCUT2D eigenvalue weighted by atomic mass is 10.1. The second-order valence-electron chi connectivity index (χ2n) is 5.96. The molecule has 0 bridgehead atoms. The van der Waals surface area contributed by atoms with Gasteiger partial charge in [0.1, 0.15) is 5.69 Å². The Bertz CT molecular complexity index is 1050. The van der Waals surface area contributed by atoms with E-state index in [1.165, 1.54) is 6.20 Å². The molecule has 2 aromatic carbocycles. The number of hydrogen-bond donors (Lipinski definition) is 5. The molecule has 0 radical (unpaired) electrons. The van der Waals surface area contributed by atoms with E-state index in [0.29, 0.717) is 11.3 Å². The van der Waals surface area contributed by atoms with E-state index in [-0.39, 0.29) is 28.4 Å².